The third-order valence-corrected chi connectivity index (χ3v) is 0. The molecule has 3 heteroatoms. The molecule has 0 aliphatic carbocycles. The Hall–Kier alpha value is 1.57. The summed E-state index contributed by atoms with van der Waals surface area (Å²) in [4.78, 5) is 0. The molecule has 6 heavy (non-hydrogen) atoms. The molecule has 34 valence electrons. The van der Waals surface area contributed by atoms with Crippen molar-refractivity contribution in [2.45, 2.75) is 19.6 Å². The Morgan fingerprint density at radius 3 is 1.17 bits per heavy atom. The average Bonchev–Trinajstić information content (AvgIpc) is 0.722. The standard InChI is InChI=1S/C3H10SSi.Na.H/c1-5(2,3)4;;/h4H,1-3H3;;. The van der Waals surface area contributed by atoms with Crippen molar-refractivity contribution < 1.29 is 0 Å². The second-order valence-corrected chi connectivity index (χ2v) is 10.5. The van der Waals surface area contributed by atoms with E-state index >= 15 is 0 Å². The maximum atomic E-state index is 4.26. The Balaban J connectivity index is 0. The van der Waals surface area contributed by atoms with Gasteiger partial charge in [-0.3, -0.25) is 0 Å². The summed E-state index contributed by atoms with van der Waals surface area (Å²) in [5.74, 6) is 0. The molecule has 0 spiro atoms. The molecule has 0 atom stereocenters. The van der Waals surface area contributed by atoms with Crippen LogP contribution in [-0.2, 0) is 0 Å². The monoisotopic (exact) mass is 130 g/mol. The fourth-order valence-electron chi connectivity index (χ4n) is 0. The summed E-state index contributed by atoms with van der Waals surface area (Å²) >= 11 is 4.26. The fraction of sp³-hybridized carbons (Fsp3) is 1.00. The van der Waals surface area contributed by atoms with Gasteiger partial charge in [-0.05, 0) is 0 Å². The van der Waals surface area contributed by atoms with E-state index in [2.05, 4.69) is 31.7 Å². The molecule has 0 nitrogen and oxygen atoms in total. The molecule has 0 saturated carbocycles. The van der Waals surface area contributed by atoms with Crippen LogP contribution in [0.4, 0.5) is 0 Å². The zero-order valence-electron chi connectivity index (χ0n) is 3.95. The molecule has 0 rings (SSSR count). The summed E-state index contributed by atoms with van der Waals surface area (Å²) in [7, 11) is -0.917. The molecule has 0 amide bonds. The van der Waals surface area contributed by atoms with Gasteiger partial charge >= 0.3 is 29.6 Å². The molecule has 0 bridgehead atoms. The number of hydrogen-bond donors (Lipinski definition) is 1. The van der Waals surface area contributed by atoms with E-state index in [1.165, 1.54) is 0 Å². The van der Waals surface area contributed by atoms with Gasteiger partial charge in [-0.25, -0.2) is 12.1 Å². The molecule has 0 aromatic heterocycles. The van der Waals surface area contributed by atoms with Gasteiger partial charge < -0.3 is 0 Å². The van der Waals surface area contributed by atoms with Gasteiger partial charge in [-0.1, -0.05) is 19.6 Å². The SMILES string of the molecule is C[Si](C)(C)S.[NaH]. The Morgan fingerprint density at radius 1 is 1.17 bits per heavy atom. The maximum absolute atomic E-state index is 4.26. The topological polar surface area (TPSA) is 0 Å². The number of hydrogen-bond acceptors (Lipinski definition) is 1. The van der Waals surface area contributed by atoms with Gasteiger partial charge in [0.25, 0.3) is 0 Å². The first-order chi connectivity index (χ1) is 2.00. The first-order valence-corrected chi connectivity index (χ1v) is 6.51. The van der Waals surface area contributed by atoms with Crippen molar-refractivity contribution in [1.29, 1.82) is 0 Å². The van der Waals surface area contributed by atoms with Crippen molar-refractivity contribution in [2.24, 2.45) is 0 Å². The molecule has 0 aliphatic heterocycles. The summed E-state index contributed by atoms with van der Waals surface area (Å²) in [5, 5.41) is 0. The zero-order valence-corrected chi connectivity index (χ0v) is 5.84. The Kier molecular flexibility index (Phi) is 6.24. The molecule has 0 unspecified atom stereocenters. The van der Waals surface area contributed by atoms with Crippen LogP contribution in [0.15, 0.2) is 0 Å². The van der Waals surface area contributed by atoms with Crippen molar-refractivity contribution in [3.63, 3.8) is 0 Å². The Labute approximate surface area is 68.1 Å². The third-order valence-electron chi connectivity index (χ3n) is 0. The predicted molar refractivity (Wildman–Crippen MR) is 39.5 cm³/mol. The van der Waals surface area contributed by atoms with Crippen LogP contribution in [0.2, 0.25) is 19.6 Å². The van der Waals surface area contributed by atoms with Crippen molar-refractivity contribution in [3.8, 4) is 0 Å². The van der Waals surface area contributed by atoms with E-state index in [-0.39, 0.29) is 29.6 Å². The van der Waals surface area contributed by atoms with Gasteiger partial charge in [-0.2, -0.15) is 0 Å². The van der Waals surface area contributed by atoms with Crippen LogP contribution in [0, 0.1) is 0 Å². The summed E-state index contributed by atoms with van der Waals surface area (Å²) < 4.78 is 0. The summed E-state index contributed by atoms with van der Waals surface area (Å²) in [6.07, 6.45) is 0. The molecule has 0 fully saturated rings. The van der Waals surface area contributed by atoms with E-state index < -0.39 is 7.22 Å². The minimum atomic E-state index is -0.917. The van der Waals surface area contributed by atoms with E-state index in [1.807, 2.05) is 0 Å². The van der Waals surface area contributed by atoms with Gasteiger partial charge in [0, 0.05) is 0 Å². The fourth-order valence-corrected chi connectivity index (χ4v) is 0. The van der Waals surface area contributed by atoms with Crippen LogP contribution in [0.1, 0.15) is 0 Å². The zero-order chi connectivity index (χ0) is 4.50. The average molecular weight is 130 g/mol. The van der Waals surface area contributed by atoms with E-state index in [0.29, 0.717) is 0 Å². The molecule has 0 N–H and O–H groups in total. The van der Waals surface area contributed by atoms with E-state index in [9.17, 15) is 0 Å². The Morgan fingerprint density at radius 2 is 1.17 bits per heavy atom. The van der Waals surface area contributed by atoms with Crippen LogP contribution in [-0.4, -0.2) is 36.8 Å². The predicted octanol–water partition coefficient (Wildman–Crippen LogP) is 1.10. The summed E-state index contributed by atoms with van der Waals surface area (Å²) in [5.41, 5.74) is 0. The molecule has 0 aromatic carbocycles. The second kappa shape index (κ2) is 3.55. The van der Waals surface area contributed by atoms with Crippen LogP contribution in [0.25, 0.3) is 0 Å². The quantitative estimate of drug-likeness (QED) is 0.368. The van der Waals surface area contributed by atoms with Crippen molar-refractivity contribution in [3.05, 3.63) is 0 Å². The molecule has 0 aliphatic rings. The molecule has 0 heterocycles. The minimum absolute atomic E-state index is 0. The first kappa shape index (κ1) is 10.5. The van der Waals surface area contributed by atoms with Gasteiger partial charge in [0.2, 0.25) is 0 Å². The van der Waals surface area contributed by atoms with Crippen molar-refractivity contribution >= 4 is 48.9 Å². The van der Waals surface area contributed by atoms with Crippen LogP contribution >= 0.6 is 12.1 Å². The Bertz CT molecular complexity index is 26.3. The molecule has 0 radical (unpaired) electrons. The van der Waals surface area contributed by atoms with Gasteiger partial charge in [0.15, 0.2) is 0 Å². The molecular weight excluding hydrogens is 119 g/mol. The molecule has 0 aromatic rings. The first-order valence-electron chi connectivity index (χ1n) is 1.72. The van der Waals surface area contributed by atoms with Gasteiger partial charge in [0.05, 0.1) is 0 Å². The van der Waals surface area contributed by atoms with Crippen LogP contribution in [0.3, 0.4) is 0 Å². The van der Waals surface area contributed by atoms with Crippen LogP contribution < -0.4 is 0 Å². The van der Waals surface area contributed by atoms with E-state index in [0.717, 1.165) is 0 Å². The number of thiol groups is 1. The van der Waals surface area contributed by atoms with E-state index in [1.54, 1.807) is 0 Å². The summed E-state index contributed by atoms with van der Waals surface area (Å²) in [6, 6.07) is 0. The van der Waals surface area contributed by atoms with E-state index in [4.69, 9.17) is 0 Å². The number of rotatable bonds is 0. The molecule has 0 saturated heterocycles. The van der Waals surface area contributed by atoms with Gasteiger partial charge in [0.1, 0.15) is 7.22 Å². The third kappa shape index (κ3) is 47.3. The van der Waals surface area contributed by atoms with Crippen LogP contribution in [0.5, 0.6) is 0 Å². The second-order valence-electron chi connectivity index (χ2n) is 2.17. The van der Waals surface area contributed by atoms with Gasteiger partial charge in [-0.15, -0.1) is 0 Å². The molecular formula is C3H11NaSSi. The van der Waals surface area contributed by atoms with Crippen molar-refractivity contribution in [2.75, 3.05) is 0 Å². The normalized spacial score (nSPS) is 10.0. The van der Waals surface area contributed by atoms with Crippen molar-refractivity contribution in [1.82, 2.24) is 0 Å². The summed E-state index contributed by atoms with van der Waals surface area (Å²) in [6.45, 7) is 6.57.